The summed E-state index contributed by atoms with van der Waals surface area (Å²) < 4.78 is 16.4. The van der Waals surface area contributed by atoms with Crippen LogP contribution in [0.2, 0.25) is 0 Å². The molecule has 0 saturated carbocycles. The molecule has 0 aliphatic carbocycles. The number of methoxy groups -OCH3 is 2. The van der Waals surface area contributed by atoms with Gasteiger partial charge in [0.1, 0.15) is 18.1 Å². The van der Waals surface area contributed by atoms with E-state index in [0.29, 0.717) is 36.2 Å². The normalized spacial score (nSPS) is 13.9. The van der Waals surface area contributed by atoms with Crippen LogP contribution in [-0.4, -0.2) is 46.6 Å². The smallest absolute Gasteiger partial charge is 0.252 e. The molecule has 0 unspecified atom stereocenters. The Morgan fingerprint density at radius 2 is 1.90 bits per heavy atom. The molecule has 210 valence electrons. The third-order valence-electron chi connectivity index (χ3n) is 7.67. The number of nitrogens with one attached hydrogen (secondary N) is 2. The van der Waals surface area contributed by atoms with Crippen molar-refractivity contribution >= 4 is 27.7 Å². The molecular weight excluding hydrogens is 526 g/mol. The van der Waals surface area contributed by atoms with Crippen LogP contribution in [-0.2, 0) is 29.1 Å². The Kier molecular flexibility index (Phi) is 6.84. The van der Waals surface area contributed by atoms with Crippen LogP contribution in [0.4, 0.5) is 0 Å². The van der Waals surface area contributed by atoms with Crippen molar-refractivity contribution < 1.29 is 23.8 Å². The first-order chi connectivity index (χ1) is 19.9. The Morgan fingerprint density at radius 1 is 1.07 bits per heavy atom. The first kappa shape index (κ1) is 26.4. The number of amides is 1. The SMILES string of the molecule is COCc1cc(=O)c(O)c([C@@H](CC(=O)N2CCc3c([nH]c4ccccc34)C2)c2cc3cc(OC)ccc3[nH]c2=O)o1. The van der Waals surface area contributed by atoms with E-state index in [4.69, 9.17) is 13.9 Å². The Morgan fingerprint density at radius 3 is 2.71 bits per heavy atom. The van der Waals surface area contributed by atoms with Gasteiger partial charge in [-0.15, -0.1) is 0 Å². The number of hydrogen-bond acceptors (Lipinski definition) is 7. The van der Waals surface area contributed by atoms with Gasteiger partial charge in [0.05, 0.1) is 19.6 Å². The van der Waals surface area contributed by atoms with Crippen molar-refractivity contribution in [3.8, 4) is 11.5 Å². The summed E-state index contributed by atoms with van der Waals surface area (Å²) in [6, 6.07) is 16.0. The molecule has 2 aromatic carbocycles. The van der Waals surface area contributed by atoms with Gasteiger partial charge in [-0.25, -0.2) is 0 Å². The molecule has 6 rings (SSSR count). The zero-order chi connectivity index (χ0) is 28.7. The molecule has 41 heavy (non-hydrogen) atoms. The van der Waals surface area contributed by atoms with Gasteiger partial charge in [0.2, 0.25) is 17.1 Å². The van der Waals surface area contributed by atoms with Crippen LogP contribution in [0, 0.1) is 0 Å². The minimum atomic E-state index is -1.05. The highest BCUT2D eigenvalue weighted by Gasteiger charge is 2.32. The molecular formula is C31H29N3O7. The van der Waals surface area contributed by atoms with Gasteiger partial charge in [0.25, 0.3) is 5.56 Å². The molecule has 5 aromatic rings. The lowest BCUT2D eigenvalue weighted by Gasteiger charge is -2.29. The number of H-pyrrole nitrogens is 2. The molecule has 3 aromatic heterocycles. The van der Waals surface area contributed by atoms with E-state index in [1.807, 2.05) is 18.2 Å². The van der Waals surface area contributed by atoms with Crippen LogP contribution in [0.3, 0.4) is 0 Å². The van der Waals surface area contributed by atoms with Gasteiger partial charge in [0.15, 0.2) is 5.76 Å². The number of aromatic hydroxyl groups is 1. The summed E-state index contributed by atoms with van der Waals surface area (Å²) in [7, 11) is 2.99. The number of rotatable bonds is 7. The van der Waals surface area contributed by atoms with Crippen molar-refractivity contribution in [2.45, 2.75) is 31.9 Å². The molecule has 3 N–H and O–H groups in total. The summed E-state index contributed by atoms with van der Waals surface area (Å²) in [5.74, 6) is -1.35. The largest absolute Gasteiger partial charge is 0.502 e. The number of benzene rings is 2. The van der Waals surface area contributed by atoms with Crippen molar-refractivity contribution in [3.05, 3.63) is 104 Å². The summed E-state index contributed by atoms with van der Waals surface area (Å²) in [5.41, 5.74) is 2.78. The number of carbonyl (C=O) groups is 1. The Balaban J connectivity index is 1.42. The average Bonchev–Trinajstić information content (AvgIpc) is 3.35. The summed E-state index contributed by atoms with van der Waals surface area (Å²) >= 11 is 0. The second kappa shape index (κ2) is 10.6. The van der Waals surface area contributed by atoms with Crippen molar-refractivity contribution in [1.29, 1.82) is 0 Å². The minimum absolute atomic E-state index is 0.0241. The number of carbonyl (C=O) groups excluding carboxylic acids is 1. The van der Waals surface area contributed by atoms with Crippen LogP contribution in [0.5, 0.6) is 11.5 Å². The number of aromatic nitrogens is 2. The summed E-state index contributed by atoms with van der Waals surface area (Å²) in [5, 5.41) is 12.6. The predicted octanol–water partition coefficient (Wildman–Crippen LogP) is 3.93. The van der Waals surface area contributed by atoms with Crippen molar-refractivity contribution in [3.63, 3.8) is 0 Å². The first-order valence-corrected chi connectivity index (χ1v) is 13.3. The van der Waals surface area contributed by atoms with Gasteiger partial charge in [-0.3, -0.25) is 14.4 Å². The van der Waals surface area contributed by atoms with Crippen LogP contribution in [0.1, 0.15) is 40.7 Å². The average molecular weight is 556 g/mol. The molecule has 10 heteroatoms. The second-order valence-electron chi connectivity index (χ2n) is 10.2. The lowest BCUT2D eigenvalue weighted by molar-refractivity contribution is -0.132. The first-order valence-electron chi connectivity index (χ1n) is 13.3. The molecule has 1 atom stereocenters. The highest BCUT2D eigenvalue weighted by atomic mass is 16.5. The van der Waals surface area contributed by atoms with E-state index in [0.717, 1.165) is 22.7 Å². The van der Waals surface area contributed by atoms with Gasteiger partial charge < -0.3 is 33.9 Å². The Bertz CT molecular complexity index is 1900. The highest BCUT2D eigenvalue weighted by Crippen LogP contribution is 2.35. The molecule has 1 amide bonds. The van der Waals surface area contributed by atoms with E-state index in [-0.39, 0.29) is 36.0 Å². The van der Waals surface area contributed by atoms with Gasteiger partial charge in [0, 0.05) is 59.2 Å². The summed E-state index contributed by atoms with van der Waals surface area (Å²) in [4.78, 5) is 47.9. The van der Waals surface area contributed by atoms with E-state index >= 15 is 0 Å². The number of fused-ring (bicyclic) bond motifs is 4. The predicted molar refractivity (Wildman–Crippen MR) is 152 cm³/mol. The quantitative estimate of drug-likeness (QED) is 0.277. The number of ether oxygens (including phenoxy) is 2. The molecule has 0 bridgehead atoms. The zero-order valence-corrected chi connectivity index (χ0v) is 22.7. The molecule has 0 spiro atoms. The lowest BCUT2D eigenvalue weighted by atomic mass is 9.91. The molecule has 0 radical (unpaired) electrons. The Hall–Kier alpha value is -4.83. The summed E-state index contributed by atoms with van der Waals surface area (Å²) in [6.45, 7) is 0.843. The highest BCUT2D eigenvalue weighted by molar-refractivity contribution is 5.86. The zero-order valence-electron chi connectivity index (χ0n) is 22.7. The van der Waals surface area contributed by atoms with Crippen LogP contribution in [0.25, 0.3) is 21.8 Å². The maximum absolute atomic E-state index is 13.8. The Labute approximate surface area is 234 Å². The maximum atomic E-state index is 13.8. The third-order valence-corrected chi connectivity index (χ3v) is 7.67. The maximum Gasteiger partial charge on any atom is 0.252 e. The molecule has 0 fully saturated rings. The van der Waals surface area contributed by atoms with E-state index < -0.39 is 22.7 Å². The number of nitrogens with zero attached hydrogens (tertiary/aromatic N) is 1. The fourth-order valence-corrected chi connectivity index (χ4v) is 5.65. The van der Waals surface area contributed by atoms with Gasteiger partial charge in [-0.05, 0) is 42.3 Å². The number of aromatic amines is 2. The second-order valence-corrected chi connectivity index (χ2v) is 10.2. The summed E-state index contributed by atoms with van der Waals surface area (Å²) in [6.07, 6.45) is 0.469. The molecule has 4 heterocycles. The van der Waals surface area contributed by atoms with Crippen LogP contribution in [0.15, 0.2) is 68.6 Å². The van der Waals surface area contributed by atoms with E-state index in [1.54, 1.807) is 36.3 Å². The monoisotopic (exact) mass is 555 g/mol. The third kappa shape index (κ3) is 4.87. The van der Waals surface area contributed by atoms with Gasteiger partial charge in [-0.2, -0.15) is 0 Å². The van der Waals surface area contributed by atoms with Crippen molar-refractivity contribution in [2.24, 2.45) is 0 Å². The fourth-order valence-electron chi connectivity index (χ4n) is 5.65. The molecule has 0 saturated heterocycles. The van der Waals surface area contributed by atoms with Gasteiger partial charge in [-0.1, -0.05) is 18.2 Å². The molecule has 10 nitrogen and oxygen atoms in total. The number of hydrogen-bond donors (Lipinski definition) is 3. The lowest BCUT2D eigenvalue weighted by Crippen LogP contribution is -2.37. The van der Waals surface area contributed by atoms with E-state index in [1.165, 1.54) is 12.7 Å². The van der Waals surface area contributed by atoms with Crippen LogP contribution >= 0.6 is 0 Å². The van der Waals surface area contributed by atoms with Crippen molar-refractivity contribution in [1.82, 2.24) is 14.9 Å². The van der Waals surface area contributed by atoms with E-state index in [2.05, 4.69) is 16.0 Å². The van der Waals surface area contributed by atoms with Crippen LogP contribution < -0.4 is 15.7 Å². The van der Waals surface area contributed by atoms with Gasteiger partial charge >= 0.3 is 0 Å². The van der Waals surface area contributed by atoms with E-state index in [9.17, 15) is 19.5 Å². The topological polar surface area (TPSA) is 138 Å². The molecule has 1 aliphatic heterocycles. The number of pyridine rings is 1. The standard InChI is InChI=1S/C31H29N3O7/c1-39-16-19-13-27(35)29(37)30(41-19)22(23-12-17-11-18(40-2)7-8-24(17)33-31(23)38)14-28(36)34-10-9-21-20-5-3-4-6-25(20)32-26(21)15-34/h3-8,11-13,22,32,37H,9-10,14-16H2,1-2H3,(H,33,38)/t22-/m0/s1. The van der Waals surface area contributed by atoms with Crippen molar-refractivity contribution in [2.75, 3.05) is 20.8 Å². The minimum Gasteiger partial charge on any atom is -0.502 e. The fraction of sp³-hybridized carbons (Fsp3) is 0.258. The number of para-hydroxylation sites is 1. The molecule has 1 aliphatic rings.